The molecule has 0 radical (unpaired) electrons. The number of halogens is 2. The van der Waals surface area contributed by atoms with E-state index in [4.69, 9.17) is 0 Å². The summed E-state index contributed by atoms with van der Waals surface area (Å²) >= 11 is 0. The molecule has 0 aliphatic carbocycles. The van der Waals surface area contributed by atoms with Gasteiger partial charge in [0, 0.05) is 36.3 Å². The van der Waals surface area contributed by atoms with Crippen molar-refractivity contribution in [3.63, 3.8) is 0 Å². The third-order valence-electron chi connectivity index (χ3n) is 5.20. The highest BCUT2D eigenvalue weighted by Gasteiger charge is 2.17. The number of nitrogens with one attached hydrogen (secondary N) is 1. The van der Waals surface area contributed by atoms with Crippen LogP contribution in [-0.2, 0) is 6.54 Å². The minimum atomic E-state index is -2.91. The van der Waals surface area contributed by atoms with Crippen molar-refractivity contribution in [1.29, 1.82) is 0 Å². The van der Waals surface area contributed by atoms with Crippen molar-refractivity contribution < 1.29 is 18.3 Å². The van der Waals surface area contributed by atoms with Crippen LogP contribution in [0.3, 0.4) is 0 Å². The Morgan fingerprint density at radius 1 is 0.941 bits per heavy atom. The predicted octanol–water partition coefficient (Wildman–Crippen LogP) is 5.96. The maximum atomic E-state index is 13.3. The van der Waals surface area contributed by atoms with Gasteiger partial charge in [-0.3, -0.25) is 14.8 Å². The van der Waals surface area contributed by atoms with Crippen LogP contribution in [0.2, 0.25) is 0 Å². The first-order chi connectivity index (χ1) is 16.4. The summed E-state index contributed by atoms with van der Waals surface area (Å²) in [5.41, 5.74) is 6.26. The van der Waals surface area contributed by atoms with Crippen LogP contribution >= 0.6 is 0 Å². The molecule has 1 amide bonds. The van der Waals surface area contributed by atoms with Crippen LogP contribution in [0.25, 0.3) is 22.4 Å². The fourth-order valence-corrected chi connectivity index (χ4v) is 3.78. The number of pyridine rings is 2. The van der Waals surface area contributed by atoms with E-state index in [9.17, 15) is 13.6 Å². The second kappa shape index (κ2) is 10.2. The number of ether oxygens (including phenoxy) is 1. The molecule has 0 saturated carbocycles. The van der Waals surface area contributed by atoms with Gasteiger partial charge >= 0.3 is 6.61 Å². The number of benzene rings is 2. The second-order valence-electron chi connectivity index (χ2n) is 7.95. The molecule has 0 unspecified atom stereocenters. The number of hydrogen-bond acceptors (Lipinski definition) is 4. The van der Waals surface area contributed by atoms with Gasteiger partial charge in [-0.15, -0.1) is 0 Å². The van der Waals surface area contributed by atoms with Gasteiger partial charge in [-0.25, -0.2) is 0 Å². The number of carbonyl (C=O) groups excluding carboxylic acids is 1. The van der Waals surface area contributed by atoms with Crippen molar-refractivity contribution in [2.24, 2.45) is 0 Å². The Bertz CT molecular complexity index is 1290. The molecule has 0 atom stereocenters. The molecule has 0 spiro atoms. The molecule has 4 aromatic rings. The molecule has 5 nitrogen and oxygen atoms in total. The highest BCUT2D eigenvalue weighted by Crippen LogP contribution is 2.28. The summed E-state index contributed by atoms with van der Waals surface area (Å²) < 4.78 is 29.5. The lowest BCUT2D eigenvalue weighted by Gasteiger charge is -2.13. The molecule has 7 heteroatoms. The number of rotatable bonds is 7. The van der Waals surface area contributed by atoms with E-state index < -0.39 is 6.61 Å². The molecule has 0 bridgehead atoms. The predicted molar refractivity (Wildman–Crippen MR) is 127 cm³/mol. The monoisotopic (exact) mass is 459 g/mol. The summed E-state index contributed by atoms with van der Waals surface area (Å²) in [6.45, 7) is 1.27. The first-order valence-electron chi connectivity index (χ1n) is 10.7. The first-order valence-corrected chi connectivity index (χ1v) is 10.7. The van der Waals surface area contributed by atoms with E-state index in [2.05, 4.69) is 26.1 Å². The van der Waals surface area contributed by atoms with E-state index in [1.165, 1.54) is 12.1 Å². The quantitative estimate of drug-likeness (QED) is 0.370. The molecule has 0 aliphatic heterocycles. The molecule has 2 heterocycles. The molecule has 1 N–H and O–H groups in total. The Balaban J connectivity index is 1.66. The number of amides is 1. The second-order valence-corrected chi connectivity index (χ2v) is 7.95. The Hall–Kier alpha value is -4.13. The topological polar surface area (TPSA) is 64.1 Å². The van der Waals surface area contributed by atoms with Crippen LogP contribution in [0, 0.1) is 13.8 Å². The van der Waals surface area contributed by atoms with Gasteiger partial charge in [0.1, 0.15) is 5.75 Å². The molecule has 34 heavy (non-hydrogen) atoms. The molecule has 4 rings (SSSR count). The van der Waals surface area contributed by atoms with Crippen LogP contribution in [0.5, 0.6) is 5.75 Å². The van der Waals surface area contributed by atoms with Crippen molar-refractivity contribution in [3.8, 4) is 28.1 Å². The number of hydrogen-bond donors (Lipinski definition) is 1. The molecule has 2 aromatic heterocycles. The summed E-state index contributed by atoms with van der Waals surface area (Å²) in [6.07, 6.45) is 5.06. The van der Waals surface area contributed by atoms with Gasteiger partial charge in [-0.2, -0.15) is 8.78 Å². The molecular weight excluding hydrogens is 436 g/mol. The fraction of sp³-hybridized carbons (Fsp3) is 0.148. The van der Waals surface area contributed by atoms with Crippen LogP contribution < -0.4 is 10.1 Å². The van der Waals surface area contributed by atoms with E-state index in [0.717, 1.165) is 22.3 Å². The van der Waals surface area contributed by atoms with Crippen molar-refractivity contribution in [3.05, 3.63) is 102 Å². The average Bonchev–Trinajstić information content (AvgIpc) is 2.82. The summed E-state index contributed by atoms with van der Waals surface area (Å²) in [4.78, 5) is 22.0. The highest BCUT2D eigenvalue weighted by molar-refractivity contribution is 6.01. The van der Waals surface area contributed by atoms with Crippen molar-refractivity contribution in [2.75, 3.05) is 0 Å². The third-order valence-corrected chi connectivity index (χ3v) is 5.20. The molecule has 2 aromatic carbocycles. The zero-order chi connectivity index (χ0) is 24.1. The number of nitrogens with zero attached hydrogens (tertiary/aromatic N) is 2. The maximum absolute atomic E-state index is 13.3. The van der Waals surface area contributed by atoms with Gasteiger partial charge < -0.3 is 10.1 Å². The normalized spacial score (nSPS) is 10.9. The van der Waals surface area contributed by atoms with Crippen molar-refractivity contribution in [2.45, 2.75) is 27.0 Å². The Labute approximate surface area is 196 Å². The average molecular weight is 459 g/mol. The maximum Gasteiger partial charge on any atom is 0.387 e. The molecule has 172 valence electrons. The summed E-state index contributed by atoms with van der Waals surface area (Å²) in [7, 11) is 0. The highest BCUT2D eigenvalue weighted by atomic mass is 19.3. The third kappa shape index (κ3) is 5.61. The fourth-order valence-electron chi connectivity index (χ4n) is 3.78. The van der Waals surface area contributed by atoms with Crippen LogP contribution in [0.1, 0.15) is 27.0 Å². The largest absolute Gasteiger partial charge is 0.435 e. The Kier molecular flexibility index (Phi) is 6.92. The van der Waals surface area contributed by atoms with Crippen molar-refractivity contribution >= 4 is 5.91 Å². The van der Waals surface area contributed by atoms with Crippen LogP contribution in [0.15, 0.2) is 79.3 Å². The molecular formula is C27H23F2N3O2. The van der Waals surface area contributed by atoms with Gasteiger partial charge in [0.25, 0.3) is 5.91 Å². The molecule has 0 aliphatic rings. The standard InChI is InChI=1S/C27H23F2N3O2/c1-17-9-18(2)11-21(10-17)22-13-24(25(31-16-22)20-6-4-8-30-15-20)26(33)32-14-19-5-3-7-23(12-19)34-27(28)29/h3-13,15-16,27H,14H2,1-2H3,(H,32,33). The number of alkyl halides is 2. The van der Waals surface area contributed by atoms with E-state index in [-0.39, 0.29) is 18.2 Å². The number of carbonyl (C=O) groups is 1. The lowest BCUT2D eigenvalue weighted by Crippen LogP contribution is -2.24. The van der Waals surface area contributed by atoms with Gasteiger partial charge in [-0.05, 0) is 55.3 Å². The van der Waals surface area contributed by atoms with Gasteiger partial charge in [0.15, 0.2) is 0 Å². The Morgan fingerprint density at radius 2 is 1.74 bits per heavy atom. The van der Waals surface area contributed by atoms with Gasteiger partial charge in [0.05, 0.1) is 11.3 Å². The summed E-state index contributed by atoms with van der Waals surface area (Å²) in [6, 6.07) is 17.9. The van der Waals surface area contributed by atoms with Crippen LogP contribution in [-0.4, -0.2) is 22.5 Å². The van der Waals surface area contributed by atoms with Gasteiger partial charge in [-0.1, -0.05) is 41.5 Å². The van der Waals surface area contributed by atoms with Crippen molar-refractivity contribution in [1.82, 2.24) is 15.3 Å². The SMILES string of the molecule is Cc1cc(C)cc(-c2cnc(-c3cccnc3)c(C(=O)NCc3cccc(OC(F)F)c3)c2)c1. The summed E-state index contributed by atoms with van der Waals surface area (Å²) in [5.74, 6) is -0.297. The first kappa shape index (κ1) is 23.0. The lowest BCUT2D eigenvalue weighted by atomic mass is 9.98. The molecule has 0 fully saturated rings. The minimum absolute atomic E-state index is 0.0382. The number of aryl methyl sites for hydroxylation is 2. The smallest absolute Gasteiger partial charge is 0.387 e. The van der Waals surface area contributed by atoms with E-state index >= 15 is 0 Å². The van der Waals surface area contributed by atoms with E-state index in [0.29, 0.717) is 22.4 Å². The zero-order valence-corrected chi connectivity index (χ0v) is 18.8. The number of aromatic nitrogens is 2. The lowest BCUT2D eigenvalue weighted by molar-refractivity contribution is -0.0498. The van der Waals surface area contributed by atoms with E-state index in [1.54, 1.807) is 36.8 Å². The Morgan fingerprint density at radius 3 is 2.44 bits per heavy atom. The van der Waals surface area contributed by atoms with Gasteiger partial charge in [0.2, 0.25) is 0 Å². The molecule has 0 saturated heterocycles. The zero-order valence-electron chi connectivity index (χ0n) is 18.8. The summed E-state index contributed by atoms with van der Waals surface area (Å²) in [5, 5.41) is 2.86. The van der Waals surface area contributed by atoms with Crippen LogP contribution in [0.4, 0.5) is 8.78 Å². The van der Waals surface area contributed by atoms with E-state index in [1.807, 2.05) is 38.1 Å². The minimum Gasteiger partial charge on any atom is -0.435 e.